The predicted octanol–water partition coefficient (Wildman–Crippen LogP) is 1.96. The third-order valence-corrected chi connectivity index (χ3v) is 2.76. The number of carbonyl (C=O) groups is 1. The fourth-order valence-corrected chi connectivity index (χ4v) is 1.85. The van der Waals surface area contributed by atoms with Gasteiger partial charge in [-0.2, -0.15) is 0 Å². The summed E-state index contributed by atoms with van der Waals surface area (Å²) >= 11 is 0. The van der Waals surface area contributed by atoms with Crippen LogP contribution in [0.5, 0.6) is 5.88 Å². The number of amides is 1. The third-order valence-electron chi connectivity index (χ3n) is 2.76. The zero-order chi connectivity index (χ0) is 15.6. The van der Waals surface area contributed by atoms with Gasteiger partial charge in [0, 0.05) is 18.7 Å². The fraction of sp³-hybridized carbons (Fsp3) is 0.500. The topological polar surface area (TPSA) is 63.2 Å². The molecule has 1 aromatic rings. The van der Waals surface area contributed by atoms with Crippen LogP contribution < -0.4 is 15.4 Å². The van der Waals surface area contributed by atoms with Crippen molar-refractivity contribution in [2.45, 2.75) is 25.3 Å². The predicted molar refractivity (Wildman–Crippen MR) is 65.7 cm³/mol. The van der Waals surface area contributed by atoms with E-state index >= 15 is 0 Å². The summed E-state index contributed by atoms with van der Waals surface area (Å²) in [6, 6.07) is 1.12. The summed E-state index contributed by atoms with van der Waals surface area (Å²) in [4.78, 5) is 14.8. The summed E-state index contributed by atoms with van der Waals surface area (Å²) in [5.41, 5.74) is 0.0723. The van der Waals surface area contributed by atoms with E-state index < -0.39 is 37.4 Å². The Labute approximate surface area is 117 Å². The van der Waals surface area contributed by atoms with Crippen LogP contribution in [-0.4, -0.2) is 36.4 Å². The lowest BCUT2D eigenvalue weighted by atomic mass is 9.98. The zero-order valence-electron chi connectivity index (χ0n) is 11.0. The van der Waals surface area contributed by atoms with E-state index in [9.17, 15) is 22.4 Å². The quantitative estimate of drug-likeness (QED) is 0.816. The molecule has 1 aromatic heterocycles. The summed E-state index contributed by atoms with van der Waals surface area (Å²) in [5.74, 6) is -3.66. The highest BCUT2D eigenvalue weighted by Crippen LogP contribution is 2.38. The van der Waals surface area contributed by atoms with Gasteiger partial charge in [0.2, 0.25) is 11.8 Å². The van der Waals surface area contributed by atoms with Crippen molar-refractivity contribution in [3.05, 3.63) is 17.8 Å². The van der Waals surface area contributed by atoms with Crippen LogP contribution in [0.15, 0.2) is 12.1 Å². The third kappa shape index (κ3) is 3.81. The molecule has 2 rings (SSSR count). The first kappa shape index (κ1) is 15.5. The van der Waals surface area contributed by atoms with E-state index in [1.54, 1.807) is 0 Å². The first-order chi connectivity index (χ1) is 9.78. The van der Waals surface area contributed by atoms with Gasteiger partial charge in [-0.25, -0.2) is 22.5 Å². The minimum atomic E-state index is -2.98. The van der Waals surface area contributed by atoms with Gasteiger partial charge in [-0.05, 0) is 6.07 Å². The molecule has 0 aromatic carbocycles. The van der Waals surface area contributed by atoms with Crippen molar-refractivity contribution >= 4 is 11.6 Å². The normalized spacial score (nSPS) is 20.0. The number of hydrogen-bond donors (Lipinski definition) is 2. The number of nitrogens with zero attached hydrogens (tertiary/aromatic N) is 1. The molecule has 1 amide bonds. The Balaban J connectivity index is 2.26. The molecule has 2 heterocycles. The van der Waals surface area contributed by atoms with Crippen LogP contribution in [0.25, 0.3) is 0 Å². The number of aromatic nitrogens is 1. The Bertz CT molecular complexity index is 539. The molecule has 1 aliphatic rings. The van der Waals surface area contributed by atoms with Crippen molar-refractivity contribution < 1.29 is 27.1 Å². The van der Waals surface area contributed by atoms with Gasteiger partial charge >= 0.3 is 0 Å². The van der Waals surface area contributed by atoms with E-state index in [0.717, 1.165) is 0 Å². The molecule has 116 valence electrons. The van der Waals surface area contributed by atoms with Crippen molar-refractivity contribution in [1.29, 1.82) is 0 Å². The summed E-state index contributed by atoms with van der Waals surface area (Å²) in [7, 11) is 0. The van der Waals surface area contributed by atoms with Crippen LogP contribution in [0.3, 0.4) is 0 Å². The minimum absolute atomic E-state index is 0.0817. The van der Waals surface area contributed by atoms with E-state index in [1.807, 2.05) is 0 Å². The number of halogens is 4. The first-order valence-corrected chi connectivity index (χ1v) is 6.09. The van der Waals surface area contributed by atoms with E-state index in [4.69, 9.17) is 4.74 Å². The van der Waals surface area contributed by atoms with Crippen LogP contribution in [-0.2, 0) is 4.79 Å². The fourth-order valence-electron chi connectivity index (χ4n) is 1.85. The standard InChI is InChI=1S/C12H13F4N3O2/c1-6(20)18-7-2-8(11-12(15,16)5-17-11)19-10(3-7)21-4-9(13)14/h2-3,9,11,17H,4-5H2,1H3,(H,18,19,20). The van der Waals surface area contributed by atoms with Crippen LogP contribution in [0, 0.1) is 0 Å². The van der Waals surface area contributed by atoms with Crippen molar-refractivity contribution in [3.63, 3.8) is 0 Å². The van der Waals surface area contributed by atoms with Gasteiger partial charge in [-0.1, -0.05) is 0 Å². The molecule has 1 atom stereocenters. The van der Waals surface area contributed by atoms with E-state index in [-0.39, 0.29) is 17.3 Å². The molecular formula is C12H13F4N3O2. The van der Waals surface area contributed by atoms with Gasteiger partial charge in [0.15, 0.2) is 6.61 Å². The average molecular weight is 307 g/mol. The minimum Gasteiger partial charge on any atom is -0.472 e. The van der Waals surface area contributed by atoms with Gasteiger partial charge in [-0.15, -0.1) is 0 Å². The van der Waals surface area contributed by atoms with Crippen molar-refractivity contribution in [3.8, 4) is 5.88 Å². The number of pyridine rings is 1. The molecule has 9 heteroatoms. The molecule has 0 spiro atoms. The molecule has 1 saturated heterocycles. The maximum Gasteiger partial charge on any atom is 0.280 e. The lowest BCUT2D eigenvalue weighted by Crippen LogP contribution is -2.56. The van der Waals surface area contributed by atoms with E-state index in [1.165, 1.54) is 19.1 Å². The molecule has 0 radical (unpaired) electrons. The Kier molecular flexibility index (Phi) is 4.31. The number of hydrogen-bond acceptors (Lipinski definition) is 4. The van der Waals surface area contributed by atoms with Crippen molar-refractivity contribution in [2.24, 2.45) is 0 Å². The zero-order valence-corrected chi connectivity index (χ0v) is 11.0. The van der Waals surface area contributed by atoms with E-state index in [2.05, 4.69) is 15.6 Å². The molecule has 0 aliphatic carbocycles. The highest BCUT2D eigenvalue weighted by atomic mass is 19.3. The maximum atomic E-state index is 13.4. The Morgan fingerprint density at radius 3 is 2.76 bits per heavy atom. The van der Waals surface area contributed by atoms with Gasteiger partial charge in [0.25, 0.3) is 12.3 Å². The van der Waals surface area contributed by atoms with Crippen LogP contribution in [0.1, 0.15) is 18.7 Å². The smallest absolute Gasteiger partial charge is 0.280 e. The number of nitrogens with one attached hydrogen (secondary N) is 2. The summed E-state index contributed by atoms with van der Waals surface area (Å²) < 4.78 is 55.8. The van der Waals surface area contributed by atoms with E-state index in [0.29, 0.717) is 0 Å². The lowest BCUT2D eigenvalue weighted by Gasteiger charge is -2.37. The number of ether oxygens (including phenoxy) is 1. The molecule has 21 heavy (non-hydrogen) atoms. The number of carbonyl (C=O) groups excluding carboxylic acids is 1. The second-order valence-corrected chi connectivity index (χ2v) is 4.58. The van der Waals surface area contributed by atoms with Gasteiger partial charge in [0.05, 0.1) is 12.2 Å². The van der Waals surface area contributed by atoms with Crippen molar-refractivity contribution in [2.75, 3.05) is 18.5 Å². The SMILES string of the molecule is CC(=O)Nc1cc(OCC(F)F)nc(C2NCC2(F)F)c1. The lowest BCUT2D eigenvalue weighted by molar-refractivity contribution is -0.114. The molecule has 2 N–H and O–H groups in total. The number of anilines is 1. The monoisotopic (exact) mass is 307 g/mol. The van der Waals surface area contributed by atoms with Gasteiger partial charge in [0.1, 0.15) is 6.04 Å². The summed E-state index contributed by atoms with van der Waals surface area (Å²) in [6.07, 6.45) is -2.72. The second kappa shape index (κ2) is 5.84. The van der Waals surface area contributed by atoms with Crippen LogP contribution >= 0.6 is 0 Å². The number of rotatable bonds is 5. The molecule has 1 unspecified atom stereocenters. The van der Waals surface area contributed by atoms with Gasteiger partial charge < -0.3 is 10.1 Å². The summed E-state index contributed by atoms with van der Waals surface area (Å²) in [5, 5.41) is 4.88. The molecule has 0 saturated carbocycles. The number of alkyl halides is 4. The Morgan fingerprint density at radius 1 is 1.57 bits per heavy atom. The van der Waals surface area contributed by atoms with Crippen LogP contribution in [0.4, 0.5) is 23.2 Å². The average Bonchev–Trinajstić information content (AvgIpc) is 2.34. The highest BCUT2D eigenvalue weighted by molar-refractivity contribution is 5.88. The second-order valence-electron chi connectivity index (χ2n) is 4.58. The maximum absolute atomic E-state index is 13.4. The van der Waals surface area contributed by atoms with Crippen molar-refractivity contribution in [1.82, 2.24) is 10.3 Å². The van der Waals surface area contributed by atoms with Crippen LogP contribution in [0.2, 0.25) is 0 Å². The molecule has 1 aliphatic heterocycles. The summed E-state index contributed by atoms with van der Waals surface area (Å²) in [6.45, 7) is -0.169. The largest absolute Gasteiger partial charge is 0.472 e. The molecule has 1 fully saturated rings. The molecule has 5 nitrogen and oxygen atoms in total. The Morgan fingerprint density at radius 2 is 2.29 bits per heavy atom. The molecule has 0 bridgehead atoms. The van der Waals surface area contributed by atoms with Gasteiger partial charge in [-0.3, -0.25) is 10.1 Å². The Hall–Kier alpha value is -1.90. The highest BCUT2D eigenvalue weighted by Gasteiger charge is 2.50. The first-order valence-electron chi connectivity index (χ1n) is 6.09. The molecular weight excluding hydrogens is 294 g/mol.